The first kappa shape index (κ1) is 17.2. The molecule has 0 aliphatic heterocycles. The lowest BCUT2D eigenvalue weighted by Crippen LogP contribution is -2.29. The van der Waals surface area contributed by atoms with E-state index in [0.717, 1.165) is 18.4 Å². The first-order valence-corrected chi connectivity index (χ1v) is 8.44. The fourth-order valence-corrected chi connectivity index (χ4v) is 2.62. The Balaban J connectivity index is 1.59. The molecule has 0 radical (unpaired) electrons. The van der Waals surface area contributed by atoms with E-state index >= 15 is 0 Å². The second-order valence-electron chi connectivity index (χ2n) is 6.19. The standard InChI is InChI=1S/C20H22N2O3/c1-25-18(14-6-3-2-4-7-14)13-21-19(23)16-8-5-9-17(12-16)22-20(24)15-10-11-15/h2-9,12,15,18H,10-11,13H2,1H3,(H,21,23)(H,22,24)/t18-/m1/s1. The zero-order valence-electron chi connectivity index (χ0n) is 14.2. The molecule has 1 aliphatic carbocycles. The summed E-state index contributed by atoms with van der Waals surface area (Å²) in [6.45, 7) is 0.373. The lowest BCUT2D eigenvalue weighted by atomic mass is 10.1. The van der Waals surface area contributed by atoms with Crippen molar-refractivity contribution in [3.05, 3.63) is 65.7 Å². The summed E-state index contributed by atoms with van der Waals surface area (Å²) in [5.74, 6) is -0.0348. The summed E-state index contributed by atoms with van der Waals surface area (Å²) in [4.78, 5) is 24.2. The van der Waals surface area contributed by atoms with Crippen molar-refractivity contribution >= 4 is 17.5 Å². The van der Waals surface area contributed by atoms with E-state index in [-0.39, 0.29) is 23.8 Å². The van der Waals surface area contributed by atoms with Gasteiger partial charge in [0.2, 0.25) is 5.91 Å². The number of carbonyl (C=O) groups is 2. The van der Waals surface area contributed by atoms with Crippen LogP contribution in [0.25, 0.3) is 0 Å². The highest BCUT2D eigenvalue weighted by Gasteiger charge is 2.29. The maximum Gasteiger partial charge on any atom is 0.251 e. The van der Waals surface area contributed by atoms with Gasteiger partial charge in [0.1, 0.15) is 0 Å². The molecule has 0 bridgehead atoms. The zero-order chi connectivity index (χ0) is 17.6. The van der Waals surface area contributed by atoms with E-state index in [4.69, 9.17) is 4.74 Å². The Morgan fingerprint density at radius 2 is 1.88 bits per heavy atom. The van der Waals surface area contributed by atoms with Gasteiger partial charge in [-0.3, -0.25) is 9.59 Å². The van der Waals surface area contributed by atoms with Crippen molar-refractivity contribution < 1.29 is 14.3 Å². The SMILES string of the molecule is CO[C@H](CNC(=O)c1cccc(NC(=O)C2CC2)c1)c1ccccc1. The molecule has 0 aromatic heterocycles. The molecule has 25 heavy (non-hydrogen) atoms. The molecule has 5 nitrogen and oxygen atoms in total. The largest absolute Gasteiger partial charge is 0.375 e. The van der Waals surface area contributed by atoms with Gasteiger partial charge in [-0.05, 0) is 36.6 Å². The van der Waals surface area contributed by atoms with E-state index in [1.807, 2.05) is 30.3 Å². The number of hydrogen-bond donors (Lipinski definition) is 2. The number of carbonyl (C=O) groups excluding carboxylic acids is 2. The van der Waals surface area contributed by atoms with Crippen molar-refractivity contribution in [1.29, 1.82) is 0 Å². The summed E-state index contributed by atoms with van der Waals surface area (Å²) < 4.78 is 5.46. The maximum absolute atomic E-state index is 12.4. The molecule has 0 heterocycles. The Kier molecular flexibility index (Phi) is 5.46. The fourth-order valence-electron chi connectivity index (χ4n) is 2.62. The van der Waals surface area contributed by atoms with Crippen LogP contribution < -0.4 is 10.6 Å². The van der Waals surface area contributed by atoms with Gasteiger partial charge in [-0.15, -0.1) is 0 Å². The highest BCUT2D eigenvalue weighted by atomic mass is 16.5. The van der Waals surface area contributed by atoms with E-state index in [1.54, 1.807) is 31.4 Å². The molecule has 3 rings (SSSR count). The Hall–Kier alpha value is -2.66. The molecule has 2 N–H and O–H groups in total. The summed E-state index contributed by atoms with van der Waals surface area (Å²) in [5.41, 5.74) is 2.17. The normalized spacial score (nSPS) is 14.6. The molecule has 2 aromatic rings. The molecule has 5 heteroatoms. The number of hydrogen-bond acceptors (Lipinski definition) is 3. The lowest BCUT2D eigenvalue weighted by molar-refractivity contribution is -0.117. The van der Waals surface area contributed by atoms with Crippen LogP contribution in [0.2, 0.25) is 0 Å². The Morgan fingerprint density at radius 1 is 1.12 bits per heavy atom. The van der Waals surface area contributed by atoms with E-state index in [1.165, 1.54) is 0 Å². The number of nitrogens with one attached hydrogen (secondary N) is 2. The van der Waals surface area contributed by atoms with Crippen LogP contribution in [0, 0.1) is 5.92 Å². The average Bonchev–Trinajstić information content (AvgIpc) is 3.48. The van der Waals surface area contributed by atoms with E-state index in [9.17, 15) is 9.59 Å². The van der Waals surface area contributed by atoms with Crippen LogP contribution >= 0.6 is 0 Å². The third-order valence-corrected chi connectivity index (χ3v) is 4.24. The molecule has 0 spiro atoms. The number of rotatable bonds is 7. The molecule has 0 saturated heterocycles. The molecule has 1 saturated carbocycles. The van der Waals surface area contributed by atoms with Gasteiger partial charge in [0.25, 0.3) is 5.91 Å². The van der Waals surface area contributed by atoms with Crippen LogP contribution in [0.1, 0.15) is 34.9 Å². The smallest absolute Gasteiger partial charge is 0.251 e. The molecule has 130 valence electrons. The Morgan fingerprint density at radius 3 is 2.56 bits per heavy atom. The predicted molar refractivity (Wildman–Crippen MR) is 96.3 cm³/mol. The maximum atomic E-state index is 12.4. The van der Waals surface area contributed by atoms with Crippen LogP contribution in [0.3, 0.4) is 0 Å². The second-order valence-corrected chi connectivity index (χ2v) is 6.19. The van der Waals surface area contributed by atoms with Gasteiger partial charge in [0.15, 0.2) is 0 Å². The van der Waals surface area contributed by atoms with Crippen LogP contribution in [0.4, 0.5) is 5.69 Å². The van der Waals surface area contributed by atoms with Gasteiger partial charge in [-0.25, -0.2) is 0 Å². The summed E-state index contributed by atoms with van der Waals surface area (Å²) in [7, 11) is 1.62. The zero-order valence-corrected chi connectivity index (χ0v) is 14.2. The van der Waals surface area contributed by atoms with Gasteiger partial charge in [0, 0.05) is 30.8 Å². The van der Waals surface area contributed by atoms with Crippen molar-refractivity contribution in [3.8, 4) is 0 Å². The summed E-state index contributed by atoms with van der Waals surface area (Å²) >= 11 is 0. The van der Waals surface area contributed by atoms with Crippen molar-refractivity contribution in [3.63, 3.8) is 0 Å². The van der Waals surface area contributed by atoms with Gasteiger partial charge in [0.05, 0.1) is 6.10 Å². The first-order valence-electron chi connectivity index (χ1n) is 8.44. The van der Waals surface area contributed by atoms with Crippen LogP contribution in [0.5, 0.6) is 0 Å². The minimum absolute atomic E-state index is 0.0288. The van der Waals surface area contributed by atoms with Crippen LogP contribution in [-0.2, 0) is 9.53 Å². The van der Waals surface area contributed by atoms with Crippen molar-refractivity contribution in [2.75, 3.05) is 19.0 Å². The van der Waals surface area contributed by atoms with Gasteiger partial charge >= 0.3 is 0 Å². The van der Waals surface area contributed by atoms with Gasteiger partial charge in [-0.2, -0.15) is 0 Å². The van der Waals surface area contributed by atoms with Crippen molar-refractivity contribution in [2.45, 2.75) is 18.9 Å². The van der Waals surface area contributed by atoms with Gasteiger partial charge < -0.3 is 15.4 Å². The van der Waals surface area contributed by atoms with E-state index in [2.05, 4.69) is 10.6 Å². The molecule has 1 atom stereocenters. The molecule has 1 fully saturated rings. The Bertz CT molecular complexity index is 742. The van der Waals surface area contributed by atoms with E-state index in [0.29, 0.717) is 17.8 Å². The monoisotopic (exact) mass is 338 g/mol. The Labute approximate surface area is 147 Å². The van der Waals surface area contributed by atoms with Gasteiger partial charge in [-0.1, -0.05) is 36.4 Å². The summed E-state index contributed by atoms with van der Waals surface area (Å²) in [6, 6.07) is 16.7. The first-order chi connectivity index (χ1) is 12.2. The number of ether oxygens (including phenoxy) is 1. The summed E-state index contributed by atoms with van der Waals surface area (Å²) in [5, 5.41) is 5.74. The van der Waals surface area contributed by atoms with Crippen molar-refractivity contribution in [1.82, 2.24) is 5.32 Å². The number of anilines is 1. The number of amides is 2. The van der Waals surface area contributed by atoms with Crippen LogP contribution in [0.15, 0.2) is 54.6 Å². The minimum atomic E-state index is -0.206. The number of benzene rings is 2. The molecule has 1 aliphatic rings. The van der Waals surface area contributed by atoms with Crippen molar-refractivity contribution in [2.24, 2.45) is 5.92 Å². The molecule has 2 aromatic carbocycles. The molecular formula is C20H22N2O3. The third-order valence-electron chi connectivity index (χ3n) is 4.24. The topological polar surface area (TPSA) is 67.4 Å². The average molecular weight is 338 g/mol. The molecule has 2 amide bonds. The predicted octanol–water partition coefficient (Wildman–Crippen LogP) is 3.15. The minimum Gasteiger partial charge on any atom is -0.375 e. The van der Waals surface area contributed by atoms with Crippen LogP contribution in [-0.4, -0.2) is 25.5 Å². The second kappa shape index (κ2) is 7.94. The molecule has 0 unspecified atom stereocenters. The fraction of sp³-hybridized carbons (Fsp3) is 0.300. The lowest BCUT2D eigenvalue weighted by Gasteiger charge is -2.16. The molecular weight excluding hydrogens is 316 g/mol. The highest BCUT2D eigenvalue weighted by molar-refractivity contribution is 5.98. The highest BCUT2D eigenvalue weighted by Crippen LogP contribution is 2.30. The van der Waals surface area contributed by atoms with E-state index < -0.39 is 0 Å². The third kappa shape index (κ3) is 4.67. The quantitative estimate of drug-likeness (QED) is 0.815. The number of methoxy groups -OCH3 is 1. The summed E-state index contributed by atoms with van der Waals surface area (Å²) in [6.07, 6.45) is 1.69.